The second kappa shape index (κ2) is 28.9. The molecule has 0 rings (SSSR count). The maximum absolute atomic E-state index is 12.3. The van der Waals surface area contributed by atoms with Gasteiger partial charge in [0.25, 0.3) is 0 Å². The number of rotatable bonds is 30. The fourth-order valence-electron chi connectivity index (χ4n) is 4.54. The summed E-state index contributed by atoms with van der Waals surface area (Å²) < 4.78 is 26.1. The van der Waals surface area contributed by atoms with Crippen LogP contribution in [-0.4, -0.2) is 41.0 Å². The van der Waals surface area contributed by atoms with Gasteiger partial charge in [-0.05, 0) is 38.5 Å². The van der Waals surface area contributed by atoms with Crippen molar-refractivity contribution in [3.05, 3.63) is 12.2 Å². The molecule has 0 aromatic heterocycles. The lowest BCUT2D eigenvalue weighted by Gasteiger charge is -2.18. The zero-order chi connectivity index (χ0) is 30.4. The highest BCUT2D eigenvalue weighted by Crippen LogP contribution is 2.35. The van der Waals surface area contributed by atoms with Crippen molar-refractivity contribution in [2.24, 2.45) is 0 Å². The molecule has 0 aromatic carbocycles. The van der Waals surface area contributed by atoms with E-state index in [1.165, 1.54) is 70.6 Å². The quantitative estimate of drug-likeness (QED) is 0.0360. The maximum Gasteiger partial charge on any atom is 0.469 e. The Morgan fingerprint density at radius 3 is 1.54 bits per heavy atom. The van der Waals surface area contributed by atoms with Crippen LogP contribution in [0.3, 0.4) is 0 Å². The van der Waals surface area contributed by atoms with E-state index in [9.17, 15) is 14.2 Å². The van der Waals surface area contributed by atoms with Crippen molar-refractivity contribution in [1.29, 1.82) is 0 Å². The highest BCUT2D eigenvalue weighted by molar-refractivity contribution is 7.46. The molecule has 0 unspecified atom stereocenters. The zero-order valence-corrected chi connectivity index (χ0v) is 27.1. The summed E-state index contributed by atoms with van der Waals surface area (Å²) in [6.07, 6.45) is 27.9. The number of phosphoric acid groups is 1. The number of unbranched alkanes of at least 4 members (excludes halogenated alkanes) is 18. The molecule has 0 heterocycles. The molecular formula is C32H61O8P. The van der Waals surface area contributed by atoms with Gasteiger partial charge in [-0.3, -0.25) is 14.1 Å². The van der Waals surface area contributed by atoms with Crippen LogP contribution in [-0.2, 0) is 28.2 Å². The molecule has 2 N–H and O–H groups in total. The van der Waals surface area contributed by atoms with Gasteiger partial charge in [-0.25, -0.2) is 4.57 Å². The summed E-state index contributed by atoms with van der Waals surface area (Å²) in [6, 6.07) is 0. The van der Waals surface area contributed by atoms with E-state index in [1.54, 1.807) is 0 Å². The molecule has 0 aliphatic rings. The Labute approximate surface area is 250 Å². The summed E-state index contributed by atoms with van der Waals surface area (Å²) in [7, 11) is -4.74. The van der Waals surface area contributed by atoms with E-state index in [-0.39, 0.29) is 19.4 Å². The van der Waals surface area contributed by atoms with Gasteiger partial charge in [0.1, 0.15) is 6.61 Å². The minimum atomic E-state index is -4.74. The standard InChI is InChI=1S/C32H61O8P/c1-3-5-7-9-11-13-15-17-19-21-23-25-27-32(34)40-30(29-39-41(35,36)37)28-38-31(33)26-24-22-20-18-16-14-12-10-8-6-4-2/h11,13,30H,3-10,12,14-29H2,1-2H3,(H2,35,36,37)/b13-11+/t30-/m1/s1. The minimum Gasteiger partial charge on any atom is -0.462 e. The van der Waals surface area contributed by atoms with E-state index in [0.717, 1.165) is 57.8 Å². The molecule has 0 aromatic rings. The van der Waals surface area contributed by atoms with E-state index < -0.39 is 32.5 Å². The molecule has 0 fully saturated rings. The average molecular weight is 605 g/mol. The van der Waals surface area contributed by atoms with Crippen molar-refractivity contribution >= 4 is 19.8 Å². The molecule has 0 saturated carbocycles. The molecule has 9 heteroatoms. The van der Waals surface area contributed by atoms with Crippen molar-refractivity contribution in [1.82, 2.24) is 0 Å². The molecule has 0 aliphatic heterocycles. The summed E-state index contributed by atoms with van der Waals surface area (Å²) in [6.45, 7) is 3.62. The number of carbonyl (C=O) groups is 2. The second-order valence-corrected chi connectivity index (χ2v) is 12.4. The first-order valence-electron chi connectivity index (χ1n) is 16.5. The SMILES string of the molecule is CCCCC/C=C/CCCCCCCC(=O)O[C@H](COC(=O)CCCCCCCCCCCCC)COP(=O)(O)O. The van der Waals surface area contributed by atoms with Gasteiger partial charge in [0.2, 0.25) is 0 Å². The lowest BCUT2D eigenvalue weighted by Crippen LogP contribution is -2.29. The Balaban J connectivity index is 4.03. The molecule has 0 amide bonds. The Hall–Kier alpha value is -1.21. The highest BCUT2D eigenvalue weighted by Gasteiger charge is 2.22. The lowest BCUT2D eigenvalue weighted by molar-refractivity contribution is -0.161. The molecule has 41 heavy (non-hydrogen) atoms. The summed E-state index contributed by atoms with van der Waals surface area (Å²) >= 11 is 0. The van der Waals surface area contributed by atoms with Crippen LogP contribution in [0.1, 0.15) is 162 Å². The van der Waals surface area contributed by atoms with Crippen LogP contribution in [0.2, 0.25) is 0 Å². The third-order valence-corrected chi connectivity index (χ3v) is 7.52. The van der Waals surface area contributed by atoms with Crippen LogP contribution < -0.4 is 0 Å². The first-order valence-corrected chi connectivity index (χ1v) is 18.0. The number of hydrogen-bond donors (Lipinski definition) is 2. The van der Waals surface area contributed by atoms with Crippen LogP contribution in [0.15, 0.2) is 12.2 Å². The van der Waals surface area contributed by atoms with Crippen molar-refractivity contribution in [3.8, 4) is 0 Å². The van der Waals surface area contributed by atoms with Gasteiger partial charge >= 0.3 is 19.8 Å². The van der Waals surface area contributed by atoms with Gasteiger partial charge < -0.3 is 19.3 Å². The highest BCUT2D eigenvalue weighted by atomic mass is 31.2. The van der Waals surface area contributed by atoms with E-state index >= 15 is 0 Å². The Bertz CT molecular complexity index is 691. The van der Waals surface area contributed by atoms with E-state index in [4.69, 9.17) is 19.3 Å². The predicted octanol–water partition coefficient (Wildman–Crippen LogP) is 9.12. The largest absolute Gasteiger partial charge is 0.469 e. The van der Waals surface area contributed by atoms with Gasteiger partial charge in [0.15, 0.2) is 6.10 Å². The number of esters is 2. The van der Waals surface area contributed by atoms with Gasteiger partial charge in [-0.15, -0.1) is 0 Å². The fraction of sp³-hybridized carbons (Fsp3) is 0.875. The van der Waals surface area contributed by atoms with Crippen LogP contribution in [0.5, 0.6) is 0 Å². The van der Waals surface area contributed by atoms with Crippen LogP contribution in [0.25, 0.3) is 0 Å². The normalized spacial score (nSPS) is 12.6. The van der Waals surface area contributed by atoms with Crippen LogP contribution >= 0.6 is 7.82 Å². The number of phosphoric ester groups is 1. The Morgan fingerprint density at radius 2 is 1.02 bits per heavy atom. The van der Waals surface area contributed by atoms with E-state index in [1.807, 2.05) is 0 Å². The second-order valence-electron chi connectivity index (χ2n) is 11.1. The molecule has 1 atom stereocenters. The van der Waals surface area contributed by atoms with Crippen LogP contribution in [0.4, 0.5) is 0 Å². The van der Waals surface area contributed by atoms with Crippen molar-refractivity contribution in [2.75, 3.05) is 13.2 Å². The molecule has 0 spiro atoms. The summed E-state index contributed by atoms with van der Waals surface area (Å²) in [5.74, 6) is -0.894. The van der Waals surface area contributed by atoms with Crippen LogP contribution in [0, 0.1) is 0 Å². The minimum absolute atomic E-state index is 0.205. The van der Waals surface area contributed by atoms with E-state index in [2.05, 4.69) is 30.5 Å². The summed E-state index contributed by atoms with van der Waals surface area (Å²) in [5.41, 5.74) is 0. The summed E-state index contributed by atoms with van der Waals surface area (Å²) in [5, 5.41) is 0. The first-order chi connectivity index (χ1) is 19.8. The monoisotopic (exact) mass is 604 g/mol. The average Bonchev–Trinajstić information content (AvgIpc) is 2.93. The molecule has 242 valence electrons. The van der Waals surface area contributed by atoms with Crippen molar-refractivity contribution in [2.45, 2.75) is 168 Å². The molecule has 8 nitrogen and oxygen atoms in total. The van der Waals surface area contributed by atoms with Gasteiger partial charge in [0.05, 0.1) is 6.61 Å². The van der Waals surface area contributed by atoms with Gasteiger partial charge in [0, 0.05) is 12.8 Å². The molecular weight excluding hydrogens is 543 g/mol. The number of hydrogen-bond acceptors (Lipinski definition) is 6. The third-order valence-electron chi connectivity index (χ3n) is 7.03. The molecule has 0 radical (unpaired) electrons. The molecule has 0 aliphatic carbocycles. The zero-order valence-electron chi connectivity index (χ0n) is 26.2. The van der Waals surface area contributed by atoms with E-state index in [0.29, 0.717) is 6.42 Å². The van der Waals surface area contributed by atoms with Gasteiger partial charge in [-0.2, -0.15) is 0 Å². The Morgan fingerprint density at radius 1 is 0.610 bits per heavy atom. The number of ether oxygens (including phenoxy) is 2. The predicted molar refractivity (Wildman–Crippen MR) is 166 cm³/mol. The topological polar surface area (TPSA) is 119 Å². The lowest BCUT2D eigenvalue weighted by atomic mass is 10.1. The van der Waals surface area contributed by atoms with Crippen molar-refractivity contribution < 1.29 is 37.9 Å². The smallest absolute Gasteiger partial charge is 0.462 e. The van der Waals surface area contributed by atoms with Gasteiger partial charge in [-0.1, -0.05) is 122 Å². The first kappa shape index (κ1) is 39.8. The fourth-order valence-corrected chi connectivity index (χ4v) is 4.90. The molecule has 0 saturated heterocycles. The molecule has 0 bridgehead atoms. The number of allylic oxidation sites excluding steroid dienone is 2. The summed E-state index contributed by atoms with van der Waals surface area (Å²) in [4.78, 5) is 42.4. The number of carbonyl (C=O) groups excluding carboxylic acids is 2. The maximum atomic E-state index is 12.3. The van der Waals surface area contributed by atoms with Crippen molar-refractivity contribution in [3.63, 3.8) is 0 Å². The Kier molecular flexibility index (Phi) is 28.0. The third kappa shape index (κ3) is 31.6.